The van der Waals surface area contributed by atoms with Crippen LogP contribution in [0.1, 0.15) is 11.5 Å². The summed E-state index contributed by atoms with van der Waals surface area (Å²) in [6, 6.07) is 3.83. The number of nitrogens with zero attached hydrogens (tertiary/aromatic N) is 2. The van der Waals surface area contributed by atoms with Crippen LogP contribution in [0, 0.1) is 6.92 Å². The van der Waals surface area contributed by atoms with Gasteiger partial charge in [-0.2, -0.15) is 0 Å². The van der Waals surface area contributed by atoms with E-state index in [-0.39, 0.29) is 5.91 Å². The number of thiazole rings is 1. The summed E-state index contributed by atoms with van der Waals surface area (Å²) in [5.41, 5.74) is 0.822. The molecule has 0 radical (unpaired) electrons. The number of carbonyl (C=O) groups is 1. The Hall–Kier alpha value is -1.66. The van der Waals surface area contributed by atoms with Gasteiger partial charge < -0.3 is 14.6 Å². The molecule has 20 heavy (non-hydrogen) atoms. The van der Waals surface area contributed by atoms with Crippen LogP contribution in [-0.2, 0) is 11.2 Å². The van der Waals surface area contributed by atoms with Crippen molar-refractivity contribution < 1.29 is 9.21 Å². The Kier molecular flexibility index (Phi) is 3.84. The second-order valence-corrected chi connectivity index (χ2v) is 5.72. The molecule has 0 spiro atoms. The van der Waals surface area contributed by atoms with E-state index in [2.05, 4.69) is 10.3 Å². The molecule has 0 aromatic carbocycles. The number of aromatic nitrogens is 1. The molecule has 2 aromatic heterocycles. The largest absolute Gasteiger partial charge is 0.459 e. The molecule has 3 heterocycles. The maximum Gasteiger partial charge on any atom is 0.228 e. The zero-order chi connectivity index (χ0) is 13.9. The van der Waals surface area contributed by atoms with Gasteiger partial charge in [0.1, 0.15) is 5.76 Å². The smallest absolute Gasteiger partial charge is 0.228 e. The second kappa shape index (κ2) is 5.76. The first kappa shape index (κ1) is 13.3. The summed E-state index contributed by atoms with van der Waals surface area (Å²) in [5, 5.41) is 6.01. The van der Waals surface area contributed by atoms with Crippen molar-refractivity contribution in [1.82, 2.24) is 15.2 Å². The number of amides is 1. The van der Waals surface area contributed by atoms with Crippen LogP contribution in [0.2, 0.25) is 0 Å². The number of furan rings is 1. The summed E-state index contributed by atoms with van der Waals surface area (Å²) in [5.74, 6) is 1.79. The van der Waals surface area contributed by atoms with E-state index in [1.54, 1.807) is 0 Å². The van der Waals surface area contributed by atoms with Gasteiger partial charge in [0.05, 0.1) is 12.1 Å². The summed E-state index contributed by atoms with van der Waals surface area (Å²) in [6.07, 6.45) is 0.371. The molecule has 1 amide bonds. The molecular weight excluding hydrogens is 274 g/mol. The Labute approximate surface area is 121 Å². The normalized spacial score (nSPS) is 15.6. The first-order valence-electron chi connectivity index (χ1n) is 6.72. The van der Waals surface area contributed by atoms with E-state index in [9.17, 15) is 4.79 Å². The lowest BCUT2D eigenvalue weighted by atomic mass is 10.2. The van der Waals surface area contributed by atoms with Crippen LogP contribution in [0.15, 0.2) is 21.9 Å². The Morgan fingerprint density at radius 2 is 2.25 bits per heavy atom. The summed E-state index contributed by atoms with van der Waals surface area (Å²) in [6.45, 7) is 5.23. The summed E-state index contributed by atoms with van der Waals surface area (Å²) in [4.78, 5) is 18.5. The van der Waals surface area contributed by atoms with Gasteiger partial charge in [-0.1, -0.05) is 0 Å². The fourth-order valence-electron chi connectivity index (χ4n) is 2.23. The molecule has 106 valence electrons. The van der Waals surface area contributed by atoms with Crippen molar-refractivity contribution in [3.8, 4) is 10.8 Å². The predicted molar refractivity (Wildman–Crippen MR) is 77.7 cm³/mol. The van der Waals surface area contributed by atoms with Gasteiger partial charge >= 0.3 is 0 Å². The molecule has 0 saturated carbocycles. The standard InChI is InChI=1S/C14H17N3O2S/c1-10-2-3-12(19-10)14-16-11(9-20-14)8-13(18)17-6-4-15-5-7-17/h2-3,9,15H,4-8H2,1H3. The summed E-state index contributed by atoms with van der Waals surface area (Å²) in [7, 11) is 0. The summed E-state index contributed by atoms with van der Waals surface area (Å²) >= 11 is 1.52. The number of hydrogen-bond donors (Lipinski definition) is 1. The third-order valence-corrected chi connectivity index (χ3v) is 4.21. The number of hydrogen-bond acceptors (Lipinski definition) is 5. The van der Waals surface area contributed by atoms with Crippen LogP contribution in [0.3, 0.4) is 0 Å². The first-order valence-corrected chi connectivity index (χ1v) is 7.60. The third kappa shape index (κ3) is 2.91. The van der Waals surface area contributed by atoms with E-state index < -0.39 is 0 Å². The molecule has 5 nitrogen and oxygen atoms in total. The fraction of sp³-hybridized carbons (Fsp3) is 0.429. The molecule has 0 bridgehead atoms. The molecule has 1 saturated heterocycles. The summed E-state index contributed by atoms with van der Waals surface area (Å²) < 4.78 is 5.55. The average Bonchev–Trinajstić information content (AvgIpc) is 3.09. The SMILES string of the molecule is Cc1ccc(-c2nc(CC(=O)N3CCNCC3)cs2)o1. The van der Waals surface area contributed by atoms with Gasteiger partial charge in [0.15, 0.2) is 10.8 Å². The second-order valence-electron chi connectivity index (χ2n) is 4.86. The van der Waals surface area contributed by atoms with Crippen molar-refractivity contribution in [2.45, 2.75) is 13.3 Å². The van der Waals surface area contributed by atoms with E-state index in [1.807, 2.05) is 29.3 Å². The Balaban J connectivity index is 1.66. The molecular formula is C14H17N3O2S. The Morgan fingerprint density at radius 1 is 1.45 bits per heavy atom. The lowest BCUT2D eigenvalue weighted by Crippen LogP contribution is -2.46. The van der Waals surface area contributed by atoms with Gasteiger partial charge in [-0.05, 0) is 19.1 Å². The quantitative estimate of drug-likeness (QED) is 0.935. The first-order chi connectivity index (χ1) is 9.72. The highest BCUT2D eigenvalue weighted by Crippen LogP contribution is 2.25. The highest BCUT2D eigenvalue weighted by atomic mass is 32.1. The molecule has 1 aliphatic heterocycles. The molecule has 3 rings (SSSR count). The van der Waals surface area contributed by atoms with Crippen molar-refractivity contribution in [1.29, 1.82) is 0 Å². The minimum Gasteiger partial charge on any atom is -0.459 e. The van der Waals surface area contributed by atoms with Crippen LogP contribution >= 0.6 is 11.3 Å². The van der Waals surface area contributed by atoms with Crippen molar-refractivity contribution in [2.24, 2.45) is 0 Å². The van der Waals surface area contributed by atoms with Gasteiger partial charge in [-0.25, -0.2) is 4.98 Å². The van der Waals surface area contributed by atoms with E-state index in [0.717, 1.165) is 48.4 Å². The average molecular weight is 291 g/mol. The topological polar surface area (TPSA) is 58.4 Å². The highest BCUT2D eigenvalue weighted by molar-refractivity contribution is 7.13. The van der Waals surface area contributed by atoms with Crippen molar-refractivity contribution in [3.05, 3.63) is 29.0 Å². The maximum absolute atomic E-state index is 12.2. The van der Waals surface area contributed by atoms with Gasteiger partial charge in [0, 0.05) is 31.6 Å². The fourth-order valence-corrected chi connectivity index (χ4v) is 3.01. The molecule has 1 fully saturated rings. The number of nitrogens with one attached hydrogen (secondary N) is 1. The molecule has 0 aliphatic carbocycles. The van der Waals surface area contributed by atoms with Gasteiger partial charge in [-0.15, -0.1) is 11.3 Å². The minimum atomic E-state index is 0.152. The Morgan fingerprint density at radius 3 is 2.95 bits per heavy atom. The predicted octanol–water partition coefficient (Wildman–Crippen LogP) is 1.69. The van der Waals surface area contributed by atoms with E-state index >= 15 is 0 Å². The number of rotatable bonds is 3. The lowest BCUT2D eigenvalue weighted by Gasteiger charge is -2.27. The zero-order valence-electron chi connectivity index (χ0n) is 11.4. The Bertz CT molecular complexity index is 599. The molecule has 0 unspecified atom stereocenters. The zero-order valence-corrected chi connectivity index (χ0v) is 12.2. The van der Waals surface area contributed by atoms with Crippen LogP contribution < -0.4 is 5.32 Å². The van der Waals surface area contributed by atoms with Crippen molar-refractivity contribution >= 4 is 17.2 Å². The molecule has 0 atom stereocenters. The molecule has 6 heteroatoms. The van der Waals surface area contributed by atoms with Crippen molar-refractivity contribution in [3.63, 3.8) is 0 Å². The molecule has 1 N–H and O–H groups in total. The van der Waals surface area contributed by atoms with Gasteiger partial charge in [-0.3, -0.25) is 4.79 Å². The number of carbonyl (C=O) groups excluding carboxylic acids is 1. The highest BCUT2D eigenvalue weighted by Gasteiger charge is 2.18. The minimum absolute atomic E-state index is 0.152. The van der Waals surface area contributed by atoms with E-state index in [1.165, 1.54) is 11.3 Å². The number of aryl methyl sites for hydroxylation is 1. The van der Waals surface area contributed by atoms with Crippen LogP contribution in [0.5, 0.6) is 0 Å². The monoisotopic (exact) mass is 291 g/mol. The molecule has 2 aromatic rings. The van der Waals surface area contributed by atoms with E-state index in [0.29, 0.717) is 6.42 Å². The third-order valence-electron chi connectivity index (χ3n) is 3.30. The molecule has 1 aliphatic rings. The van der Waals surface area contributed by atoms with Crippen LogP contribution in [0.4, 0.5) is 0 Å². The lowest BCUT2D eigenvalue weighted by molar-refractivity contribution is -0.131. The van der Waals surface area contributed by atoms with Crippen LogP contribution in [-0.4, -0.2) is 42.0 Å². The maximum atomic E-state index is 12.2. The van der Waals surface area contributed by atoms with Gasteiger partial charge in [0.2, 0.25) is 5.91 Å². The van der Waals surface area contributed by atoms with Crippen LogP contribution in [0.25, 0.3) is 10.8 Å². The van der Waals surface area contributed by atoms with E-state index in [4.69, 9.17) is 4.42 Å². The number of piperazine rings is 1. The van der Waals surface area contributed by atoms with Gasteiger partial charge in [0.25, 0.3) is 0 Å². The van der Waals surface area contributed by atoms with Crippen molar-refractivity contribution in [2.75, 3.05) is 26.2 Å².